The van der Waals surface area contributed by atoms with E-state index in [1.54, 1.807) is 0 Å². The van der Waals surface area contributed by atoms with E-state index in [0.717, 1.165) is 23.6 Å². The van der Waals surface area contributed by atoms with Gasteiger partial charge < -0.3 is 19.7 Å². The third-order valence-electron chi connectivity index (χ3n) is 3.94. The average Bonchev–Trinajstić information content (AvgIpc) is 3.24. The van der Waals surface area contributed by atoms with Gasteiger partial charge in [0.1, 0.15) is 18.5 Å². The largest absolute Gasteiger partial charge is 0.451 e. The second kappa shape index (κ2) is 6.99. The molecule has 1 fully saturated rings. The van der Waals surface area contributed by atoms with Crippen LogP contribution in [0.15, 0.2) is 35.3 Å². The molecule has 7 nitrogen and oxygen atoms in total. The predicted molar refractivity (Wildman–Crippen MR) is 82.7 cm³/mol. The van der Waals surface area contributed by atoms with Crippen molar-refractivity contribution >= 4 is 17.5 Å². The number of nitrogens with zero attached hydrogens (tertiary/aromatic N) is 2. The van der Waals surface area contributed by atoms with Crippen molar-refractivity contribution in [3.05, 3.63) is 47.7 Å². The molecule has 27 heavy (non-hydrogen) atoms. The number of oxazole rings is 1. The van der Waals surface area contributed by atoms with Crippen molar-refractivity contribution in [1.29, 1.82) is 0 Å². The van der Waals surface area contributed by atoms with Crippen molar-refractivity contribution in [3.8, 4) is 0 Å². The average molecular weight is 387 g/mol. The smallest absolute Gasteiger partial charge is 0.416 e. The minimum Gasteiger partial charge on any atom is -0.451 e. The summed E-state index contributed by atoms with van der Waals surface area (Å²) in [6.07, 6.45) is -5.88. The molecule has 1 aromatic carbocycles. The van der Waals surface area contributed by atoms with Crippen LogP contribution in [0.1, 0.15) is 26.4 Å². The van der Waals surface area contributed by atoms with E-state index in [2.05, 4.69) is 14.7 Å². The summed E-state index contributed by atoms with van der Waals surface area (Å²) in [6.45, 7) is -0.770. The van der Waals surface area contributed by atoms with Gasteiger partial charge in [-0.3, -0.25) is 9.59 Å². The number of halogens is 4. The zero-order chi connectivity index (χ0) is 19.8. The zero-order valence-corrected chi connectivity index (χ0v) is 13.5. The molecule has 3 rings (SSSR count). The van der Waals surface area contributed by atoms with E-state index in [1.165, 1.54) is 0 Å². The number of hydrogen-bond acceptors (Lipinski definition) is 5. The Balaban J connectivity index is 1.91. The Bertz CT molecular complexity index is 844. The third-order valence-corrected chi connectivity index (χ3v) is 3.94. The molecule has 0 unspecified atom stereocenters. The number of aromatic nitrogens is 1. The summed E-state index contributed by atoms with van der Waals surface area (Å²) < 4.78 is 57.5. The molecule has 1 aliphatic rings. The van der Waals surface area contributed by atoms with Gasteiger partial charge in [-0.05, 0) is 18.2 Å². The van der Waals surface area contributed by atoms with Gasteiger partial charge in [0.2, 0.25) is 0 Å². The Kier molecular flexibility index (Phi) is 4.87. The number of nitrogens with one attached hydrogen (secondary N) is 1. The Morgan fingerprint density at radius 1 is 1.26 bits per heavy atom. The van der Waals surface area contributed by atoms with Gasteiger partial charge in [0.15, 0.2) is 12.1 Å². The number of anilines is 1. The molecule has 2 aromatic rings. The molecule has 0 saturated carbocycles. The van der Waals surface area contributed by atoms with E-state index in [-0.39, 0.29) is 17.9 Å². The Morgan fingerprint density at radius 2 is 2.00 bits per heavy atom. The second-order valence-electron chi connectivity index (χ2n) is 5.92. The van der Waals surface area contributed by atoms with E-state index in [4.69, 9.17) is 0 Å². The van der Waals surface area contributed by atoms with E-state index in [9.17, 15) is 32.3 Å². The van der Waals surface area contributed by atoms with Crippen LogP contribution in [-0.2, 0) is 6.18 Å². The molecule has 1 aliphatic heterocycles. The number of hydrogen-bond donors (Lipinski definition) is 2. The van der Waals surface area contributed by atoms with Gasteiger partial charge >= 0.3 is 6.18 Å². The van der Waals surface area contributed by atoms with Gasteiger partial charge in [-0.25, -0.2) is 9.37 Å². The minimum absolute atomic E-state index is 0.164. The van der Waals surface area contributed by atoms with Crippen molar-refractivity contribution in [1.82, 2.24) is 9.88 Å². The van der Waals surface area contributed by atoms with Gasteiger partial charge in [-0.15, -0.1) is 0 Å². The highest BCUT2D eigenvalue weighted by Crippen LogP contribution is 2.33. The lowest BCUT2D eigenvalue weighted by Gasteiger charge is -2.17. The van der Waals surface area contributed by atoms with Crippen molar-refractivity contribution in [3.63, 3.8) is 0 Å². The number of benzene rings is 1. The number of aliphatic hydroxyl groups is 1. The maximum absolute atomic E-state index is 13.4. The Labute approximate surface area is 149 Å². The molecule has 2 amide bonds. The van der Waals surface area contributed by atoms with Gasteiger partial charge in [-0.1, -0.05) is 0 Å². The third kappa shape index (κ3) is 4.08. The van der Waals surface area contributed by atoms with Gasteiger partial charge in [0.25, 0.3) is 11.8 Å². The van der Waals surface area contributed by atoms with Crippen LogP contribution in [0.3, 0.4) is 0 Å². The first kappa shape index (κ1) is 18.8. The molecule has 2 heterocycles. The number of likely N-dealkylation sites (tertiary alicyclic amines) is 1. The highest BCUT2D eigenvalue weighted by atomic mass is 19.4. The lowest BCUT2D eigenvalue weighted by atomic mass is 10.1. The fourth-order valence-electron chi connectivity index (χ4n) is 2.60. The van der Waals surface area contributed by atoms with Crippen LogP contribution in [0, 0.1) is 0 Å². The lowest BCUT2D eigenvalue weighted by Crippen LogP contribution is -2.30. The zero-order valence-electron chi connectivity index (χ0n) is 13.5. The summed E-state index contributed by atoms with van der Waals surface area (Å²) in [4.78, 5) is 28.9. The van der Waals surface area contributed by atoms with Crippen molar-refractivity contribution in [2.24, 2.45) is 0 Å². The highest BCUT2D eigenvalue weighted by molar-refractivity contribution is 6.03. The first-order valence-corrected chi connectivity index (χ1v) is 7.68. The fourth-order valence-corrected chi connectivity index (χ4v) is 2.60. The summed E-state index contributed by atoms with van der Waals surface area (Å²) in [7, 11) is 0. The molecule has 2 atom stereocenters. The van der Waals surface area contributed by atoms with E-state index in [0.29, 0.717) is 12.1 Å². The van der Waals surface area contributed by atoms with Crippen LogP contribution in [0.5, 0.6) is 0 Å². The molecule has 2 N–H and O–H groups in total. The highest BCUT2D eigenvalue weighted by Gasteiger charge is 2.36. The summed E-state index contributed by atoms with van der Waals surface area (Å²) in [5.41, 5.74) is -2.03. The predicted octanol–water partition coefficient (Wildman–Crippen LogP) is 2.10. The number of carbonyl (C=O) groups excluding carboxylic acids is 2. The van der Waals surface area contributed by atoms with Crippen molar-refractivity contribution in [2.45, 2.75) is 18.5 Å². The number of rotatable bonds is 3. The summed E-state index contributed by atoms with van der Waals surface area (Å²) in [6, 6.07) is 2.30. The maximum atomic E-state index is 13.4. The van der Waals surface area contributed by atoms with Crippen LogP contribution < -0.4 is 5.32 Å². The number of amides is 2. The van der Waals surface area contributed by atoms with Crippen molar-refractivity contribution < 1.29 is 36.7 Å². The van der Waals surface area contributed by atoms with Crippen LogP contribution in [0.4, 0.5) is 23.2 Å². The number of aliphatic hydroxyl groups excluding tert-OH is 1. The molecule has 0 radical (unpaired) electrons. The molecular formula is C16H13F4N3O4. The topological polar surface area (TPSA) is 95.7 Å². The molecule has 0 aliphatic carbocycles. The number of alkyl halides is 4. The number of β-amino-alcohol motifs (C(OH)–C–C–N with tert-alkyl or cyclic N) is 1. The first-order valence-electron chi connectivity index (χ1n) is 7.68. The van der Waals surface area contributed by atoms with Gasteiger partial charge in [0, 0.05) is 17.8 Å². The SMILES string of the molecule is O=C(Nc1cc(C(=O)N2C[C@@H](O)[C@H](F)C2)cc(C(F)(F)F)c1)c1cocn1. The molecule has 11 heteroatoms. The molecule has 0 spiro atoms. The summed E-state index contributed by atoms with van der Waals surface area (Å²) >= 11 is 0. The summed E-state index contributed by atoms with van der Waals surface area (Å²) in [5.74, 6) is -1.72. The molecule has 144 valence electrons. The van der Waals surface area contributed by atoms with E-state index in [1.807, 2.05) is 0 Å². The fraction of sp³-hybridized carbons (Fsp3) is 0.312. The van der Waals surface area contributed by atoms with Gasteiger partial charge in [-0.2, -0.15) is 13.2 Å². The van der Waals surface area contributed by atoms with E-state index < -0.39 is 47.9 Å². The van der Waals surface area contributed by atoms with E-state index >= 15 is 0 Å². The molecular weight excluding hydrogens is 374 g/mol. The normalized spacial score (nSPS) is 20.0. The lowest BCUT2D eigenvalue weighted by molar-refractivity contribution is -0.137. The second-order valence-corrected chi connectivity index (χ2v) is 5.92. The van der Waals surface area contributed by atoms with Crippen LogP contribution in [0.25, 0.3) is 0 Å². The van der Waals surface area contributed by atoms with Crippen LogP contribution in [-0.4, -0.2) is 52.2 Å². The van der Waals surface area contributed by atoms with Crippen molar-refractivity contribution in [2.75, 3.05) is 18.4 Å². The maximum Gasteiger partial charge on any atom is 0.416 e. The van der Waals surface area contributed by atoms with Crippen LogP contribution in [0.2, 0.25) is 0 Å². The Hall–Kier alpha value is -2.95. The molecule has 1 saturated heterocycles. The molecule has 1 aromatic heterocycles. The quantitative estimate of drug-likeness (QED) is 0.787. The minimum atomic E-state index is -4.78. The molecule has 0 bridgehead atoms. The van der Waals surface area contributed by atoms with Crippen LogP contribution >= 0.6 is 0 Å². The first-order chi connectivity index (χ1) is 12.6. The monoisotopic (exact) mass is 387 g/mol. The number of carbonyl (C=O) groups is 2. The standard InChI is InChI=1S/C16H13F4N3O4/c17-11-4-23(5-13(11)24)15(26)8-1-9(16(18,19)20)3-10(2-8)22-14(25)12-6-27-7-21-12/h1-3,6-7,11,13,24H,4-5H2,(H,22,25)/t11-,13-/m1/s1. The Morgan fingerprint density at radius 3 is 2.56 bits per heavy atom. The van der Waals surface area contributed by atoms with Gasteiger partial charge in [0.05, 0.1) is 12.1 Å². The summed E-state index contributed by atoms with van der Waals surface area (Å²) in [5, 5.41) is 11.6.